The molecule has 0 unspecified atom stereocenters. The van der Waals surface area contributed by atoms with E-state index in [0.717, 1.165) is 15.8 Å². The summed E-state index contributed by atoms with van der Waals surface area (Å²) in [5.74, 6) is -2.46. The summed E-state index contributed by atoms with van der Waals surface area (Å²) < 4.78 is 76.9. The Morgan fingerprint density at radius 1 is 0.430 bits per heavy atom. The lowest BCUT2D eigenvalue weighted by Crippen LogP contribution is -1.91. The maximum atomic E-state index is 12.6. The Morgan fingerprint density at radius 3 is 1.27 bits per heavy atom. The molecule has 8 aromatic carbocycles. The zero-order valence-electron chi connectivity index (χ0n) is 41.9. The van der Waals surface area contributed by atoms with Crippen LogP contribution in [0, 0.1) is 60.1 Å². The zero-order valence-corrected chi connectivity index (χ0v) is 49.7. The van der Waals surface area contributed by atoms with E-state index < -0.39 is 23.3 Å². The number of aryl methyl sites for hydroxylation is 2. The molecule has 1 aromatic heterocycles. The number of nitriles is 1. The van der Waals surface area contributed by atoms with Gasteiger partial charge in [-0.3, -0.25) is 0 Å². The summed E-state index contributed by atoms with van der Waals surface area (Å²) in [6, 6.07) is 47.6. The SMILES string of the molecule is Cc1cc(N)ccc1F.Cc1cccc(N)c1.N#Cc1cc(N)ccc1F.Nc1ccc(F)c(Br)c1.Nc1cccc(Br)c1.Nc1cccc(Br)c1F.Nc1cccc(Cl)c1.Nc1cccc(Cl)c1F.Nc1ccnc(Br)c1F. The van der Waals surface area contributed by atoms with Gasteiger partial charge < -0.3 is 51.6 Å². The highest BCUT2D eigenvalue weighted by molar-refractivity contribution is 9.11. The molecule has 0 aliphatic carbocycles. The van der Waals surface area contributed by atoms with Gasteiger partial charge in [-0.1, -0.05) is 75.5 Å². The van der Waals surface area contributed by atoms with E-state index in [-0.39, 0.29) is 43.9 Å². The highest BCUT2D eigenvalue weighted by atomic mass is 79.9. The monoisotopic (exact) mass is 1380 g/mol. The molecular weight excluding hydrogens is 1330 g/mol. The Labute approximate surface area is 498 Å². The van der Waals surface area contributed by atoms with E-state index in [4.69, 9.17) is 80.1 Å². The van der Waals surface area contributed by atoms with Crippen molar-refractivity contribution in [1.82, 2.24) is 4.98 Å². The smallest absolute Gasteiger partial charge is 0.178 e. The summed E-state index contributed by atoms with van der Waals surface area (Å²) in [5.41, 5.74) is 53.8. The molecule has 1 heterocycles. The van der Waals surface area contributed by atoms with Gasteiger partial charge in [-0.25, -0.2) is 31.3 Å². The number of pyridine rings is 1. The van der Waals surface area contributed by atoms with Crippen molar-refractivity contribution >= 4 is 138 Å². The van der Waals surface area contributed by atoms with Crippen LogP contribution in [0.25, 0.3) is 0 Å². The first kappa shape index (κ1) is 69.7. The highest BCUT2D eigenvalue weighted by Crippen LogP contribution is 2.21. The van der Waals surface area contributed by atoms with Crippen molar-refractivity contribution in [2.24, 2.45) is 0 Å². The lowest BCUT2D eigenvalue weighted by molar-refractivity contribution is 0.618. The van der Waals surface area contributed by atoms with Gasteiger partial charge in [0.25, 0.3) is 0 Å². The van der Waals surface area contributed by atoms with Gasteiger partial charge in [0, 0.05) is 49.8 Å². The normalized spacial score (nSPS) is 9.33. The number of nitrogens with zero attached hydrogens (tertiary/aromatic N) is 2. The molecule has 416 valence electrons. The van der Waals surface area contributed by atoms with Crippen LogP contribution in [0.15, 0.2) is 194 Å². The lowest BCUT2D eigenvalue weighted by atomic mass is 10.2. The number of nitrogen functional groups attached to an aromatic ring is 9. The van der Waals surface area contributed by atoms with Crippen molar-refractivity contribution in [3.63, 3.8) is 0 Å². The van der Waals surface area contributed by atoms with Crippen molar-refractivity contribution in [3.05, 3.63) is 256 Å². The zero-order chi connectivity index (χ0) is 59.8. The molecule has 18 N–H and O–H groups in total. The lowest BCUT2D eigenvalue weighted by Gasteiger charge is -1.95. The average molecular weight is 1380 g/mol. The second kappa shape index (κ2) is 37.5. The van der Waals surface area contributed by atoms with Gasteiger partial charge in [-0.2, -0.15) is 5.26 Å². The number of halogens is 12. The molecule has 0 fully saturated rings. The fourth-order valence-corrected chi connectivity index (χ4v) is 6.89. The topological polar surface area (TPSA) is 271 Å². The van der Waals surface area contributed by atoms with E-state index in [2.05, 4.69) is 68.7 Å². The van der Waals surface area contributed by atoms with Gasteiger partial charge in [-0.05, 0) is 206 Å². The second-order valence-electron chi connectivity index (χ2n) is 15.3. The highest BCUT2D eigenvalue weighted by Gasteiger charge is 2.03. The van der Waals surface area contributed by atoms with Crippen molar-refractivity contribution < 1.29 is 26.3 Å². The molecule has 0 bridgehead atoms. The first-order valence-electron chi connectivity index (χ1n) is 22.1. The predicted molar refractivity (Wildman–Crippen MR) is 330 cm³/mol. The minimum absolute atomic E-state index is 0.0139. The molecule has 0 amide bonds. The quantitative estimate of drug-likeness (QED) is 0.0391. The van der Waals surface area contributed by atoms with E-state index in [1.54, 1.807) is 61.5 Å². The van der Waals surface area contributed by atoms with Crippen LogP contribution in [0.5, 0.6) is 0 Å². The first-order valence-corrected chi connectivity index (χ1v) is 26.0. The Balaban J connectivity index is 0.000000445. The van der Waals surface area contributed by atoms with Gasteiger partial charge in [0.15, 0.2) is 17.5 Å². The number of rotatable bonds is 0. The van der Waals surface area contributed by atoms with Crippen LogP contribution in [-0.4, -0.2) is 4.98 Å². The molecular formula is C56H53Br4Cl2F6N11. The van der Waals surface area contributed by atoms with Crippen LogP contribution in [0.2, 0.25) is 10.0 Å². The molecule has 0 saturated carbocycles. The molecule has 11 nitrogen and oxygen atoms in total. The first-order chi connectivity index (χ1) is 37.1. The van der Waals surface area contributed by atoms with Crippen molar-refractivity contribution in [3.8, 4) is 6.07 Å². The fourth-order valence-electron chi connectivity index (χ4n) is 4.97. The molecule has 0 atom stereocenters. The van der Waals surface area contributed by atoms with Crippen LogP contribution >= 0.6 is 86.9 Å². The standard InChI is InChI=1S/C7H5FN2.C7H8FN.C7H9N.2C6H5BrFN.C6H6BrN.C6H5ClFN.C6H6ClN.C5H4BrFN2/c8-7-2-1-6(10)3-5(7)4-9;1-5-4-6(9)2-3-7(5)8;1-6-3-2-4-7(8)5-6;7-5-3-4(9)1-2-6(5)8;7-4-2-1-3-5(9)6(4)8;7-5-2-1-3-6(8)4-5;7-4-2-1-3-5(9)6(4)8;7-5-2-1-3-6(8)4-5;6-5-4(7)3(8)1-2-9-5/h1-3H,10H2;2-4H,9H2,1H3;2-5H,8H2,1H3;2*1-3H,9H2;1-4H,8H2;1-3H,9H2;1-4H,8H2;1-2H,(H2,8,9). The number of nitrogens with two attached hydrogens (primary N) is 9. The average Bonchev–Trinajstić information content (AvgIpc) is 3.38. The molecule has 0 spiro atoms. The molecule has 0 radical (unpaired) electrons. The number of hydrogen-bond donors (Lipinski definition) is 9. The van der Waals surface area contributed by atoms with Crippen molar-refractivity contribution in [2.75, 3.05) is 51.6 Å². The minimum Gasteiger partial charge on any atom is -0.399 e. The number of anilines is 9. The molecule has 9 rings (SSSR count). The third-order valence-electron chi connectivity index (χ3n) is 8.82. The van der Waals surface area contributed by atoms with E-state index in [9.17, 15) is 26.3 Å². The summed E-state index contributed by atoms with van der Waals surface area (Å²) in [5, 5.41) is 9.05. The Morgan fingerprint density at radius 2 is 0.899 bits per heavy atom. The molecule has 79 heavy (non-hydrogen) atoms. The van der Waals surface area contributed by atoms with E-state index in [1.165, 1.54) is 78.5 Å². The summed E-state index contributed by atoms with van der Waals surface area (Å²) in [7, 11) is 0. The summed E-state index contributed by atoms with van der Waals surface area (Å²) in [6.07, 6.45) is 1.43. The molecule has 0 saturated heterocycles. The van der Waals surface area contributed by atoms with Gasteiger partial charge in [0.1, 0.15) is 28.1 Å². The maximum absolute atomic E-state index is 12.6. The summed E-state index contributed by atoms with van der Waals surface area (Å²) >= 11 is 23.1. The maximum Gasteiger partial charge on any atom is 0.178 e. The van der Waals surface area contributed by atoms with Crippen molar-refractivity contribution in [1.29, 1.82) is 5.26 Å². The molecule has 0 aliphatic rings. The van der Waals surface area contributed by atoms with Crippen LogP contribution in [0.3, 0.4) is 0 Å². The van der Waals surface area contributed by atoms with Gasteiger partial charge in [0.2, 0.25) is 0 Å². The van der Waals surface area contributed by atoms with Gasteiger partial charge >= 0.3 is 0 Å². The van der Waals surface area contributed by atoms with Gasteiger partial charge in [-0.15, -0.1) is 0 Å². The van der Waals surface area contributed by atoms with E-state index in [0.29, 0.717) is 42.3 Å². The Bertz CT molecular complexity index is 2980. The minimum atomic E-state index is -0.542. The Kier molecular flexibility index (Phi) is 33.1. The third-order valence-corrected chi connectivity index (χ3v) is 11.6. The van der Waals surface area contributed by atoms with Crippen molar-refractivity contribution in [2.45, 2.75) is 13.8 Å². The van der Waals surface area contributed by atoms with Gasteiger partial charge in [0.05, 0.1) is 36.6 Å². The molecule has 0 aliphatic heterocycles. The third kappa shape index (κ3) is 29.9. The summed E-state index contributed by atoms with van der Waals surface area (Å²) in [4.78, 5) is 3.60. The molecule has 9 aromatic rings. The number of aromatic nitrogens is 1. The number of hydrogen-bond acceptors (Lipinski definition) is 11. The predicted octanol–water partition coefficient (Wildman–Crippen LogP) is 16.5. The van der Waals surface area contributed by atoms with Crippen LogP contribution < -0.4 is 51.6 Å². The Hall–Kier alpha value is -7.32. The summed E-state index contributed by atoms with van der Waals surface area (Å²) in [6.45, 7) is 3.71. The second-order valence-corrected chi connectivity index (χ2v) is 19.6. The van der Waals surface area contributed by atoms with E-state index >= 15 is 0 Å². The molecule has 23 heteroatoms. The number of benzene rings is 8. The van der Waals surface area contributed by atoms with Crippen LogP contribution in [0.1, 0.15) is 16.7 Å². The van der Waals surface area contributed by atoms with E-state index in [1.807, 2.05) is 61.5 Å². The van der Waals surface area contributed by atoms with Crippen LogP contribution in [-0.2, 0) is 0 Å². The fraction of sp³-hybridized carbons (Fsp3) is 0.0357. The largest absolute Gasteiger partial charge is 0.399 e. The van der Waals surface area contributed by atoms with Crippen LogP contribution in [0.4, 0.5) is 77.5 Å².